The number of benzene rings is 3. The highest BCUT2D eigenvalue weighted by Gasteiger charge is 2.38. The number of carboxylic acid groups (broad SMARTS) is 1. The highest BCUT2D eigenvalue weighted by molar-refractivity contribution is 7.91. The Morgan fingerprint density at radius 3 is 2.29 bits per heavy atom. The third-order valence-electron chi connectivity index (χ3n) is 7.42. The molecule has 0 aliphatic heterocycles. The van der Waals surface area contributed by atoms with Crippen LogP contribution in [0.1, 0.15) is 63.4 Å². The number of ether oxygens (including phenoxy) is 1. The average Bonchev–Trinajstić information content (AvgIpc) is 3.04. The first-order valence-corrected chi connectivity index (χ1v) is 17.2. The molecule has 0 fully saturated rings. The van der Waals surface area contributed by atoms with Crippen LogP contribution in [0.3, 0.4) is 0 Å². The summed E-state index contributed by atoms with van der Waals surface area (Å²) in [5.41, 5.74) is 9.12. The number of fused-ring (bicyclic) bond motifs is 1. The van der Waals surface area contributed by atoms with Gasteiger partial charge in [0.15, 0.2) is 9.84 Å². The third kappa shape index (κ3) is 10.3. The normalized spacial score (nSPS) is 12.8. The number of nitrogens with zero attached hydrogens (tertiary/aromatic N) is 1. The number of amides is 1. The molecule has 264 valence electrons. The standard InChI is InChI=1S/C33H40N4O4S.C2HF3O2/c1-6-41-29-20-25(13-12-24(29)18-21(3)4)31(37-26-14-15-28-23(19-26)16-17-35-32(28)34)33(38)36-22(5)27-10-8-9-11-30(27)42(39,40)7-2;3-2(4,5)1(6)7/h8-17,19-22,31,37H,6-7,18H2,1-5H3,(H2,34,35)(H,36,38);(H,6,7)/t22-,31?;/m1./s1. The SMILES string of the molecule is CCOc1cc(C(Nc2ccc3c(N)nccc3c2)C(=O)N[C@H](C)c2ccccc2S(=O)(=O)CC)ccc1CC(C)C.O=C(O)C(F)(F)F. The topological polar surface area (TPSA) is 161 Å². The van der Waals surface area contributed by atoms with Crippen molar-refractivity contribution in [3.8, 4) is 5.75 Å². The molecule has 10 nitrogen and oxygen atoms in total. The second kappa shape index (κ2) is 16.5. The van der Waals surface area contributed by atoms with Crippen molar-refractivity contribution in [2.75, 3.05) is 23.4 Å². The van der Waals surface area contributed by atoms with Crippen LogP contribution in [0.2, 0.25) is 0 Å². The lowest BCUT2D eigenvalue weighted by atomic mass is 9.97. The van der Waals surface area contributed by atoms with E-state index in [1.807, 2.05) is 49.4 Å². The number of alkyl halides is 3. The predicted molar refractivity (Wildman–Crippen MR) is 183 cm³/mol. The molecule has 0 radical (unpaired) electrons. The van der Waals surface area contributed by atoms with E-state index in [0.29, 0.717) is 23.9 Å². The summed E-state index contributed by atoms with van der Waals surface area (Å²) in [7, 11) is -3.48. The van der Waals surface area contributed by atoms with Gasteiger partial charge in [-0.25, -0.2) is 18.2 Å². The summed E-state index contributed by atoms with van der Waals surface area (Å²) in [4.78, 5) is 27.3. The summed E-state index contributed by atoms with van der Waals surface area (Å²) in [5, 5.41) is 15.3. The number of pyridine rings is 1. The van der Waals surface area contributed by atoms with Crippen LogP contribution < -0.4 is 21.1 Å². The Hall–Kier alpha value is -4.85. The number of rotatable bonds is 12. The quantitative estimate of drug-likeness (QED) is 0.124. The molecule has 3 aromatic carbocycles. The minimum absolute atomic E-state index is 0.0280. The zero-order valence-electron chi connectivity index (χ0n) is 27.8. The van der Waals surface area contributed by atoms with Crippen molar-refractivity contribution >= 4 is 44.0 Å². The van der Waals surface area contributed by atoms with Gasteiger partial charge in [-0.05, 0) is 84.7 Å². The number of aliphatic carboxylic acids is 1. The summed E-state index contributed by atoms with van der Waals surface area (Å²) < 4.78 is 63.3. The zero-order chi connectivity index (χ0) is 36.5. The fourth-order valence-corrected chi connectivity index (χ4v) is 6.26. The molecule has 1 amide bonds. The molecule has 2 atom stereocenters. The molecule has 14 heteroatoms. The van der Waals surface area contributed by atoms with Crippen LogP contribution in [0.25, 0.3) is 10.8 Å². The second-order valence-corrected chi connectivity index (χ2v) is 13.8. The van der Waals surface area contributed by atoms with E-state index in [2.05, 4.69) is 29.5 Å². The number of sulfone groups is 1. The maximum absolute atomic E-state index is 14.0. The van der Waals surface area contributed by atoms with Crippen LogP contribution in [-0.4, -0.2) is 48.9 Å². The minimum atomic E-state index is -5.08. The van der Waals surface area contributed by atoms with Crippen LogP contribution in [0.5, 0.6) is 5.75 Å². The zero-order valence-corrected chi connectivity index (χ0v) is 28.7. The van der Waals surface area contributed by atoms with E-state index in [4.69, 9.17) is 20.4 Å². The van der Waals surface area contributed by atoms with Crippen molar-refractivity contribution in [3.05, 3.63) is 89.6 Å². The largest absolute Gasteiger partial charge is 0.494 e. The van der Waals surface area contributed by atoms with Gasteiger partial charge in [0, 0.05) is 17.3 Å². The monoisotopic (exact) mass is 702 g/mol. The first kappa shape index (κ1) is 38.6. The first-order chi connectivity index (χ1) is 23.0. The van der Waals surface area contributed by atoms with Crippen LogP contribution in [-0.2, 0) is 25.8 Å². The fourth-order valence-electron chi connectivity index (χ4n) is 5.06. The summed E-state index contributed by atoms with van der Waals surface area (Å²) in [6.45, 7) is 10.2. The Morgan fingerprint density at radius 1 is 1.00 bits per heavy atom. The van der Waals surface area contributed by atoms with Gasteiger partial charge < -0.3 is 26.2 Å². The number of nitrogens with one attached hydrogen (secondary N) is 2. The molecular formula is C35H41F3N4O6S. The lowest BCUT2D eigenvalue weighted by Crippen LogP contribution is -2.35. The van der Waals surface area contributed by atoms with E-state index >= 15 is 0 Å². The summed E-state index contributed by atoms with van der Waals surface area (Å²) in [5.74, 6) is -1.47. The highest BCUT2D eigenvalue weighted by atomic mass is 32.2. The van der Waals surface area contributed by atoms with Crippen molar-refractivity contribution in [1.29, 1.82) is 0 Å². The number of hydrogen-bond acceptors (Lipinski definition) is 8. The summed E-state index contributed by atoms with van der Waals surface area (Å²) >= 11 is 0. The van der Waals surface area contributed by atoms with Gasteiger partial charge >= 0.3 is 12.1 Å². The molecule has 4 aromatic rings. The van der Waals surface area contributed by atoms with Crippen LogP contribution in [0.15, 0.2) is 77.8 Å². The Kier molecular flexibility index (Phi) is 13.0. The molecule has 49 heavy (non-hydrogen) atoms. The number of nitrogens with two attached hydrogens (primary N) is 1. The average molecular weight is 703 g/mol. The number of halogens is 3. The predicted octanol–water partition coefficient (Wildman–Crippen LogP) is 6.87. The number of nitrogen functional groups attached to an aromatic ring is 1. The van der Waals surface area contributed by atoms with Crippen LogP contribution in [0, 0.1) is 5.92 Å². The van der Waals surface area contributed by atoms with E-state index in [1.54, 1.807) is 44.3 Å². The van der Waals surface area contributed by atoms with Crippen LogP contribution >= 0.6 is 0 Å². The molecular weight excluding hydrogens is 661 g/mol. The highest BCUT2D eigenvalue weighted by Crippen LogP contribution is 2.31. The van der Waals surface area contributed by atoms with Crippen molar-refractivity contribution in [2.45, 2.75) is 64.2 Å². The molecule has 1 aromatic heterocycles. The Bertz CT molecular complexity index is 1880. The molecule has 0 aliphatic rings. The van der Waals surface area contributed by atoms with Gasteiger partial charge in [-0.3, -0.25) is 4.79 Å². The number of carbonyl (C=O) groups excluding carboxylic acids is 1. The molecule has 0 bridgehead atoms. The van der Waals surface area contributed by atoms with Gasteiger partial charge in [-0.2, -0.15) is 13.2 Å². The van der Waals surface area contributed by atoms with Gasteiger partial charge in [0.1, 0.15) is 17.6 Å². The van der Waals surface area contributed by atoms with Gasteiger partial charge in [-0.15, -0.1) is 0 Å². The maximum Gasteiger partial charge on any atom is 0.490 e. The van der Waals surface area contributed by atoms with Gasteiger partial charge in [0.05, 0.1) is 23.3 Å². The van der Waals surface area contributed by atoms with Gasteiger partial charge in [0.25, 0.3) is 0 Å². The Balaban J connectivity index is 0.000000838. The second-order valence-electron chi connectivity index (χ2n) is 11.6. The lowest BCUT2D eigenvalue weighted by molar-refractivity contribution is -0.192. The van der Waals surface area contributed by atoms with Crippen LogP contribution in [0.4, 0.5) is 24.7 Å². The molecule has 0 saturated heterocycles. The van der Waals surface area contributed by atoms with Crippen molar-refractivity contribution in [3.63, 3.8) is 0 Å². The number of carboxylic acids is 1. The first-order valence-electron chi connectivity index (χ1n) is 15.6. The maximum atomic E-state index is 14.0. The number of carbonyl (C=O) groups is 2. The number of hydrogen-bond donors (Lipinski definition) is 4. The third-order valence-corrected chi connectivity index (χ3v) is 9.22. The van der Waals surface area contributed by atoms with Gasteiger partial charge in [0.2, 0.25) is 5.91 Å². The lowest BCUT2D eigenvalue weighted by Gasteiger charge is -2.25. The molecule has 1 unspecified atom stereocenters. The van der Waals surface area contributed by atoms with E-state index < -0.39 is 34.1 Å². The number of anilines is 2. The smallest absolute Gasteiger partial charge is 0.490 e. The molecule has 5 N–H and O–H groups in total. The minimum Gasteiger partial charge on any atom is -0.494 e. The molecule has 0 aliphatic carbocycles. The molecule has 4 rings (SSSR count). The van der Waals surface area contributed by atoms with Crippen molar-refractivity contribution in [1.82, 2.24) is 10.3 Å². The Morgan fingerprint density at radius 2 is 1.67 bits per heavy atom. The Labute approximate surface area is 283 Å². The van der Waals surface area contributed by atoms with E-state index in [0.717, 1.165) is 39.8 Å². The van der Waals surface area contributed by atoms with Gasteiger partial charge in [-0.1, -0.05) is 51.1 Å². The number of aromatic nitrogens is 1. The molecule has 0 saturated carbocycles. The summed E-state index contributed by atoms with van der Waals surface area (Å²) in [6.07, 6.45) is -2.59. The summed E-state index contributed by atoms with van der Waals surface area (Å²) in [6, 6.07) is 18.9. The molecule has 1 heterocycles. The van der Waals surface area contributed by atoms with Crippen molar-refractivity contribution < 1.29 is 41.0 Å². The van der Waals surface area contributed by atoms with E-state index in [9.17, 15) is 26.4 Å². The van der Waals surface area contributed by atoms with Crippen molar-refractivity contribution in [2.24, 2.45) is 5.92 Å². The van der Waals surface area contributed by atoms with E-state index in [-0.39, 0.29) is 16.6 Å². The fraction of sp³-hybridized carbons (Fsp3) is 0.343. The van der Waals surface area contributed by atoms with E-state index in [1.165, 1.54) is 0 Å². The molecule has 0 spiro atoms.